The van der Waals surface area contributed by atoms with Crippen LogP contribution in [-0.2, 0) is 9.59 Å². The molecule has 23 heavy (non-hydrogen) atoms. The zero-order valence-electron chi connectivity index (χ0n) is 13.6. The minimum absolute atomic E-state index is 0.164. The number of anilines is 2. The van der Waals surface area contributed by atoms with Crippen molar-refractivity contribution >= 4 is 23.2 Å². The first kappa shape index (κ1) is 15.3. The topological polar surface area (TPSA) is 49.4 Å². The van der Waals surface area contributed by atoms with Gasteiger partial charge in [-0.25, -0.2) is 4.90 Å². The predicted octanol–water partition coefficient (Wildman–Crippen LogP) is 3.36. The summed E-state index contributed by atoms with van der Waals surface area (Å²) in [5.74, 6) is -0.358. The normalized spacial score (nSPS) is 17.7. The van der Waals surface area contributed by atoms with Crippen molar-refractivity contribution in [3.05, 3.63) is 59.2 Å². The van der Waals surface area contributed by atoms with Crippen LogP contribution in [0.25, 0.3) is 0 Å². The molecule has 2 amide bonds. The van der Waals surface area contributed by atoms with E-state index in [1.165, 1.54) is 4.90 Å². The first-order valence-electron chi connectivity index (χ1n) is 7.73. The third-order valence-corrected chi connectivity index (χ3v) is 4.25. The van der Waals surface area contributed by atoms with Gasteiger partial charge in [0.2, 0.25) is 5.91 Å². The molecule has 118 valence electrons. The molecule has 3 rings (SSSR count). The largest absolute Gasteiger partial charge is 0.373 e. The first-order chi connectivity index (χ1) is 11.0. The SMILES string of the molecule is Cc1cccc(N[C@H]2CC(=O)N(c3ccc(C)c(C)c3)C2=O)c1. The highest BCUT2D eigenvalue weighted by molar-refractivity contribution is 6.23. The highest BCUT2D eigenvalue weighted by atomic mass is 16.2. The van der Waals surface area contributed by atoms with Crippen molar-refractivity contribution in [3.8, 4) is 0 Å². The zero-order chi connectivity index (χ0) is 16.6. The van der Waals surface area contributed by atoms with E-state index in [0.717, 1.165) is 22.4 Å². The number of benzene rings is 2. The number of imide groups is 1. The monoisotopic (exact) mass is 308 g/mol. The van der Waals surface area contributed by atoms with Crippen molar-refractivity contribution < 1.29 is 9.59 Å². The van der Waals surface area contributed by atoms with Crippen LogP contribution in [-0.4, -0.2) is 17.9 Å². The quantitative estimate of drug-likeness (QED) is 0.885. The number of hydrogen-bond donors (Lipinski definition) is 1. The first-order valence-corrected chi connectivity index (χ1v) is 7.73. The second kappa shape index (κ2) is 5.88. The summed E-state index contributed by atoms with van der Waals surface area (Å²) >= 11 is 0. The number of nitrogens with zero attached hydrogens (tertiary/aromatic N) is 1. The van der Waals surface area contributed by atoms with Gasteiger partial charge in [-0.2, -0.15) is 0 Å². The van der Waals surface area contributed by atoms with Crippen molar-refractivity contribution in [1.29, 1.82) is 0 Å². The van der Waals surface area contributed by atoms with Gasteiger partial charge in [-0.3, -0.25) is 9.59 Å². The van der Waals surface area contributed by atoms with Gasteiger partial charge in [0.15, 0.2) is 0 Å². The molecule has 1 aliphatic heterocycles. The van der Waals surface area contributed by atoms with Crippen LogP contribution in [0.15, 0.2) is 42.5 Å². The van der Waals surface area contributed by atoms with Crippen LogP contribution in [0, 0.1) is 20.8 Å². The predicted molar refractivity (Wildman–Crippen MR) is 91.6 cm³/mol. The number of nitrogens with one attached hydrogen (secondary N) is 1. The van der Waals surface area contributed by atoms with Gasteiger partial charge in [0.25, 0.3) is 5.91 Å². The summed E-state index contributed by atoms with van der Waals surface area (Å²) in [4.78, 5) is 26.3. The zero-order valence-corrected chi connectivity index (χ0v) is 13.6. The fourth-order valence-corrected chi connectivity index (χ4v) is 2.82. The van der Waals surface area contributed by atoms with E-state index < -0.39 is 6.04 Å². The van der Waals surface area contributed by atoms with Crippen molar-refractivity contribution in [3.63, 3.8) is 0 Å². The number of carbonyl (C=O) groups is 2. The van der Waals surface area contributed by atoms with Crippen LogP contribution in [0.4, 0.5) is 11.4 Å². The Hall–Kier alpha value is -2.62. The number of hydrogen-bond acceptors (Lipinski definition) is 3. The van der Waals surface area contributed by atoms with Crippen LogP contribution in [0.5, 0.6) is 0 Å². The molecule has 0 saturated carbocycles. The Kier molecular flexibility index (Phi) is 3.90. The van der Waals surface area contributed by atoms with E-state index in [-0.39, 0.29) is 18.2 Å². The van der Waals surface area contributed by atoms with E-state index in [0.29, 0.717) is 5.69 Å². The maximum absolute atomic E-state index is 12.6. The van der Waals surface area contributed by atoms with Crippen molar-refractivity contribution in [2.75, 3.05) is 10.2 Å². The van der Waals surface area contributed by atoms with Crippen LogP contribution >= 0.6 is 0 Å². The van der Waals surface area contributed by atoms with Gasteiger partial charge in [0, 0.05) is 5.69 Å². The van der Waals surface area contributed by atoms with Gasteiger partial charge < -0.3 is 5.32 Å². The van der Waals surface area contributed by atoms with Gasteiger partial charge in [-0.05, 0) is 61.7 Å². The molecule has 1 saturated heterocycles. The average molecular weight is 308 g/mol. The lowest BCUT2D eigenvalue weighted by Crippen LogP contribution is -2.34. The minimum Gasteiger partial charge on any atom is -0.373 e. The van der Waals surface area contributed by atoms with E-state index in [4.69, 9.17) is 0 Å². The lowest BCUT2D eigenvalue weighted by atomic mass is 10.1. The van der Waals surface area contributed by atoms with Crippen LogP contribution < -0.4 is 10.2 Å². The van der Waals surface area contributed by atoms with E-state index >= 15 is 0 Å². The highest BCUT2D eigenvalue weighted by Gasteiger charge is 2.39. The maximum Gasteiger partial charge on any atom is 0.256 e. The fraction of sp³-hybridized carbons (Fsp3) is 0.263. The summed E-state index contributed by atoms with van der Waals surface area (Å²) in [6.45, 7) is 5.98. The van der Waals surface area contributed by atoms with Crippen molar-refractivity contribution in [2.45, 2.75) is 33.2 Å². The number of carbonyl (C=O) groups excluding carboxylic acids is 2. The molecule has 2 aromatic carbocycles. The molecular weight excluding hydrogens is 288 g/mol. The summed E-state index contributed by atoms with van der Waals surface area (Å²) in [6, 6.07) is 12.9. The molecule has 4 heteroatoms. The molecule has 0 spiro atoms. The Bertz CT molecular complexity index is 783. The van der Waals surface area contributed by atoms with E-state index in [2.05, 4.69) is 5.32 Å². The highest BCUT2D eigenvalue weighted by Crippen LogP contribution is 2.26. The van der Waals surface area contributed by atoms with Gasteiger partial charge in [-0.1, -0.05) is 18.2 Å². The molecule has 1 heterocycles. The Morgan fingerprint density at radius 1 is 1.00 bits per heavy atom. The van der Waals surface area contributed by atoms with E-state index in [9.17, 15) is 9.59 Å². The van der Waals surface area contributed by atoms with Gasteiger partial charge in [0.05, 0.1) is 12.1 Å². The fourth-order valence-electron chi connectivity index (χ4n) is 2.82. The molecule has 1 atom stereocenters. The molecule has 0 bridgehead atoms. The van der Waals surface area contributed by atoms with E-state index in [1.54, 1.807) is 0 Å². The molecule has 0 aliphatic carbocycles. The number of amides is 2. The molecule has 2 aromatic rings. The summed E-state index contributed by atoms with van der Waals surface area (Å²) < 4.78 is 0. The van der Waals surface area contributed by atoms with Crippen LogP contribution in [0.3, 0.4) is 0 Å². The molecule has 1 fully saturated rings. The lowest BCUT2D eigenvalue weighted by molar-refractivity contribution is -0.121. The molecular formula is C19H20N2O2. The summed E-state index contributed by atoms with van der Waals surface area (Å²) in [5, 5.41) is 3.18. The number of rotatable bonds is 3. The molecule has 4 nitrogen and oxygen atoms in total. The van der Waals surface area contributed by atoms with Crippen LogP contribution in [0.2, 0.25) is 0 Å². The average Bonchev–Trinajstić information content (AvgIpc) is 2.77. The standard InChI is InChI=1S/C19H20N2O2/c1-12-5-4-6-15(9-12)20-17-11-18(22)21(19(17)23)16-8-7-13(2)14(3)10-16/h4-10,17,20H,11H2,1-3H3/t17-/m0/s1. The smallest absolute Gasteiger partial charge is 0.256 e. The van der Waals surface area contributed by atoms with Gasteiger partial charge >= 0.3 is 0 Å². The minimum atomic E-state index is -0.508. The molecule has 0 unspecified atom stereocenters. The molecule has 0 radical (unpaired) electrons. The third kappa shape index (κ3) is 2.97. The van der Waals surface area contributed by atoms with Crippen molar-refractivity contribution in [1.82, 2.24) is 0 Å². The molecule has 1 N–H and O–H groups in total. The van der Waals surface area contributed by atoms with Gasteiger partial charge in [-0.15, -0.1) is 0 Å². The Labute approximate surface area is 136 Å². The Morgan fingerprint density at radius 2 is 1.78 bits per heavy atom. The summed E-state index contributed by atoms with van der Waals surface area (Å²) in [7, 11) is 0. The number of aryl methyl sites for hydroxylation is 3. The Morgan fingerprint density at radius 3 is 2.48 bits per heavy atom. The maximum atomic E-state index is 12.6. The van der Waals surface area contributed by atoms with Gasteiger partial charge in [0.1, 0.15) is 6.04 Å². The molecule has 1 aliphatic rings. The van der Waals surface area contributed by atoms with Crippen molar-refractivity contribution in [2.24, 2.45) is 0 Å². The molecule has 0 aromatic heterocycles. The third-order valence-electron chi connectivity index (χ3n) is 4.25. The second-order valence-corrected chi connectivity index (χ2v) is 6.11. The van der Waals surface area contributed by atoms with E-state index in [1.807, 2.05) is 63.2 Å². The Balaban J connectivity index is 1.83. The lowest BCUT2D eigenvalue weighted by Gasteiger charge is -2.17. The van der Waals surface area contributed by atoms with Crippen LogP contribution in [0.1, 0.15) is 23.1 Å². The second-order valence-electron chi connectivity index (χ2n) is 6.11. The summed E-state index contributed by atoms with van der Waals surface area (Å²) in [6.07, 6.45) is 0.180. The summed E-state index contributed by atoms with van der Waals surface area (Å²) in [5.41, 5.74) is 4.83.